The minimum absolute atomic E-state index is 0.183. The molecule has 0 N–H and O–H groups in total. The van der Waals surface area contributed by atoms with Crippen molar-refractivity contribution in [1.82, 2.24) is 4.98 Å². The molecule has 1 amide bonds. The lowest BCUT2D eigenvalue weighted by Gasteiger charge is -2.18. The molecule has 0 radical (unpaired) electrons. The highest BCUT2D eigenvalue weighted by Gasteiger charge is 2.39. The Kier molecular flexibility index (Phi) is 3.33. The second-order valence-corrected chi connectivity index (χ2v) is 6.79. The van der Waals surface area contributed by atoms with E-state index >= 15 is 0 Å². The second-order valence-electron chi connectivity index (χ2n) is 4.79. The van der Waals surface area contributed by atoms with Gasteiger partial charge in [0.25, 0.3) is 0 Å². The number of fused-ring (bicyclic) bond motifs is 1. The summed E-state index contributed by atoms with van der Waals surface area (Å²) in [5, 5.41) is -0.495. The number of carbonyl (C=O) groups excluding carboxylic acids is 1. The number of nitrogens with zero attached hydrogens (tertiary/aromatic N) is 2. The van der Waals surface area contributed by atoms with Gasteiger partial charge in [0.2, 0.25) is 5.91 Å². The zero-order valence-electron chi connectivity index (χ0n) is 10.7. The van der Waals surface area contributed by atoms with Crippen molar-refractivity contribution < 1.29 is 17.1 Å². The number of carbonyl (C=O) groups is 1. The van der Waals surface area contributed by atoms with Crippen molar-refractivity contribution in [2.45, 2.75) is 11.7 Å². The molecule has 0 saturated carbocycles. The predicted octanol–water partition coefficient (Wildman–Crippen LogP) is 2.29. The largest absolute Gasteiger partial charge is 0.310 e. The van der Waals surface area contributed by atoms with Gasteiger partial charge >= 0.3 is 10.2 Å². The molecule has 1 fully saturated rings. The summed E-state index contributed by atoms with van der Waals surface area (Å²) in [6, 6.07) is 8.50. The first-order valence-electron chi connectivity index (χ1n) is 6.15. The van der Waals surface area contributed by atoms with Crippen LogP contribution in [0.1, 0.15) is 6.42 Å². The van der Waals surface area contributed by atoms with E-state index in [0.717, 1.165) is 0 Å². The van der Waals surface area contributed by atoms with Crippen LogP contribution < -0.4 is 4.90 Å². The number of pyridine rings is 1. The van der Waals surface area contributed by atoms with Crippen LogP contribution >= 0.6 is 11.6 Å². The molecule has 5 nitrogen and oxygen atoms in total. The van der Waals surface area contributed by atoms with Gasteiger partial charge in [-0.3, -0.25) is 4.79 Å². The number of hydrogen-bond donors (Lipinski definition) is 0. The second kappa shape index (κ2) is 4.92. The Balaban J connectivity index is 2.11. The van der Waals surface area contributed by atoms with Crippen LogP contribution in [0, 0.1) is 0 Å². The van der Waals surface area contributed by atoms with E-state index in [1.165, 1.54) is 11.0 Å². The van der Waals surface area contributed by atoms with Crippen LogP contribution in [0.5, 0.6) is 0 Å². The average molecular weight is 329 g/mol. The van der Waals surface area contributed by atoms with Crippen molar-refractivity contribution in [3.8, 4) is 0 Å². The molecule has 8 heteroatoms. The highest BCUT2D eigenvalue weighted by atomic mass is 35.5. The first-order chi connectivity index (χ1) is 9.86. The standard InChI is InChI=1S/C13H10ClFN2O3S/c14-12-6-11(9-3-1-2-4-10(9)16-12)17-7-8(5-13(17)18)21(15,19)20/h1-4,6,8H,5,7H2. The number of para-hydroxylation sites is 1. The van der Waals surface area contributed by atoms with Gasteiger partial charge in [0.15, 0.2) is 0 Å². The summed E-state index contributed by atoms with van der Waals surface area (Å²) in [7, 11) is -4.75. The minimum Gasteiger partial charge on any atom is -0.310 e. The Labute approximate surface area is 125 Å². The zero-order valence-corrected chi connectivity index (χ0v) is 12.2. The SMILES string of the molecule is O=C1CC(S(=O)(=O)F)CN1c1cc(Cl)nc2ccccc12. The fourth-order valence-corrected chi connectivity index (χ4v) is 3.31. The summed E-state index contributed by atoms with van der Waals surface area (Å²) in [4.78, 5) is 17.4. The van der Waals surface area contributed by atoms with Gasteiger partial charge in [0, 0.05) is 18.4 Å². The number of benzene rings is 1. The van der Waals surface area contributed by atoms with E-state index in [9.17, 15) is 17.1 Å². The third-order valence-corrected chi connectivity index (χ3v) is 4.75. The van der Waals surface area contributed by atoms with Crippen molar-refractivity contribution >= 4 is 44.3 Å². The number of rotatable bonds is 2. The minimum atomic E-state index is -4.75. The monoisotopic (exact) mass is 328 g/mol. The molecule has 0 bridgehead atoms. The average Bonchev–Trinajstić information content (AvgIpc) is 2.79. The molecule has 1 unspecified atom stereocenters. The third kappa shape index (κ3) is 2.58. The molecule has 2 aromatic rings. The highest BCUT2D eigenvalue weighted by Crippen LogP contribution is 2.33. The molecule has 0 spiro atoms. The molecule has 1 aliphatic rings. The Morgan fingerprint density at radius 2 is 2.05 bits per heavy atom. The third-order valence-electron chi connectivity index (χ3n) is 3.44. The molecule has 110 valence electrons. The number of anilines is 1. The van der Waals surface area contributed by atoms with Crippen molar-refractivity contribution in [3.05, 3.63) is 35.5 Å². The summed E-state index contributed by atoms with van der Waals surface area (Å²) >= 11 is 5.93. The van der Waals surface area contributed by atoms with Gasteiger partial charge in [-0.25, -0.2) is 4.98 Å². The first kappa shape index (κ1) is 14.2. The van der Waals surface area contributed by atoms with Crippen LogP contribution in [0.2, 0.25) is 5.15 Å². The quantitative estimate of drug-likeness (QED) is 0.626. The zero-order chi connectivity index (χ0) is 15.2. The number of hydrogen-bond acceptors (Lipinski definition) is 4. The summed E-state index contributed by atoms with van der Waals surface area (Å²) < 4.78 is 35.1. The smallest absolute Gasteiger partial charge is 0.307 e. The normalized spacial score (nSPS) is 19.4. The summed E-state index contributed by atoms with van der Waals surface area (Å²) in [6.07, 6.45) is -0.368. The highest BCUT2D eigenvalue weighted by molar-refractivity contribution is 7.87. The van der Waals surface area contributed by atoms with Gasteiger partial charge in [-0.05, 0) is 12.1 Å². The Morgan fingerprint density at radius 1 is 1.33 bits per heavy atom. The molecule has 3 rings (SSSR count). The van der Waals surface area contributed by atoms with Gasteiger partial charge in [-0.1, -0.05) is 29.8 Å². The topological polar surface area (TPSA) is 67.3 Å². The maximum absolute atomic E-state index is 13.1. The molecule has 1 aliphatic heterocycles. The molecule has 1 aromatic heterocycles. The van der Waals surface area contributed by atoms with Crippen LogP contribution in [-0.2, 0) is 15.0 Å². The summed E-state index contributed by atoms with van der Waals surface area (Å²) in [5.41, 5.74) is 1.03. The maximum atomic E-state index is 13.1. The van der Waals surface area contributed by atoms with Crippen molar-refractivity contribution in [1.29, 1.82) is 0 Å². The molecule has 21 heavy (non-hydrogen) atoms. The van der Waals surface area contributed by atoms with Crippen molar-refractivity contribution in [3.63, 3.8) is 0 Å². The summed E-state index contributed by atoms with van der Waals surface area (Å²) in [6.45, 7) is -0.220. The number of halogens is 2. The fraction of sp³-hybridized carbons (Fsp3) is 0.231. The van der Waals surface area contributed by atoms with E-state index in [1.54, 1.807) is 24.3 Å². The Bertz CT molecular complexity index is 840. The predicted molar refractivity (Wildman–Crippen MR) is 77.5 cm³/mol. The fourth-order valence-electron chi connectivity index (χ4n) is 2.45. The van der Waals surface area contributed by atoms with Crippen LogP contribution in [-0.4, -0.2) is 31.1 Å². The van der Waals surface area contributed by atoms with E-state index in [4.69, 9.17) is 11.6 Å². The summed E-state index contributed by atoms with van der Waals surface area (Å²) in [5.74, 6) is -0.450. The van der Waals surface area contributed by atoms with Crippen LogP contribution in [0.3, 0.4) is 0 Å². The lowest BCUT2D eigenvalue weighted by atomic mass is 10.2. The van der Waals surface area contributed by atoms with E-state index in [0.29, 0.717) is 16.6 Å². The molecule has 1 atom stereocenters. The van der Waals surface area contributed by atoms with Crippen LogP contribution in [0.15, 0.2) is 30.3 Å². The number of aromatic nitrogens is 1. The van der Waals surface area contributed by atoms with E-state index in [-0.39, 0.29) is 18.1 Å². The van der Waals surface area contributed by atoms with Crippen LogP contribution in [0.4, 0.5) is 9.57 Å². The van der Waals surface area contributed by atoms with Crippen molar-refractivity contribution in [2.24, 2.45) is 0 Å². The van der Waals surface area contributed by atoms with Gasteiger partial charge in [0.1, 0.15) is 10.4 Å². The lowest BCUT2D eigenvalue weighted by molar-refractivity contribution is -0.117. The maximum Gasteiger partial charge on any atom is 0.307 e. The molecule has 0 aliphatic carbocycles. The van der Waals surface area contributed by atoms with Crippen LogP contribution in [0.25, 0.3) is 10.9 Å². The van der Waals surface area contributed by atoms with E-state index in [2.05, 4.69) is 4.98 Å². The van der Waals surface area contributed by atoms with Gasteiger partial charge in [0.05, 0.1) is 11.2 Å². The molecule has 2 heterocycles. The molecular weight excluding hydrogens is 319 g/mol. The first-order valence-corrected chi connectivity index (χ1v) is 7.98. The molecule has 1 saturated heterocycles. The number of amides is 1. The molecule has 1 aromatic carbocycles. The van der Waals surface area contributed by atoms with E-state index < -0.39 is 21.4 Å². The van der Waals surface area contributed by atoms with Crippen molar-refractivity contribution in [2.75, 3.05) is 11.4 Å². The lowest BCUT2D eigenvalue weighted by Crippen LogP contribution is -2.27. The van der Waals surface area contributed by atoms with Gasteiger partial charge < -0.3 is 4.90 Å². The van der Waals surface area contributed by atoms with Gasteiger partial charge in [-0.2, -0.15) is 8.42 Å². The van der Waals surface area contributed by atoms with Gasteiger partial charge in [-0.15, -0.1) is 3.89 Å². The molecular formula is C13H10ClFN2O3S. The Morgan fingerprint density at radius 3 is 2.71 bits per heavy atom. The Hall–Kier alpha value is -1.73. The van der Waals surface area contributed by atoms with E-state index in [1.807, 2.05) is 0 Å².